The summed E-state index contributed by atoms with van der Waals surface area (Å²) in [5.41, 5.74) is 0.906. The van der Waals surface area contributed by atoms with Crippen molar-refractivity contribution in [2.24, 2.45) is 0 Å². The number of ether oxygens (including phenoxy) is 1. The largest absolute Gasteiger partial charge is 0.489 e. The predicted octanol–water partition coefficient (Wildman–Crippen LogP) is 2.50. The lowest BCUT2D eigenvalue weighted by atomic mass is 9.93. The van der Waals surface area contributed by atoms with Crippen molar-refractivity contribution in [1.82, 2.24) is 15.5 Å². The van der Waals surface area contributed by atoms with Crippen LogP contribution in [0.15, 0.2) is 35.1 Å². The standard InChI is InChI=1S/C16H19N3O3/c1-11-14(3-2-9-17-11)21-13-6-4-12(5-7-13)19-16(20)15-8-10-18-22-15/h2-3,8-10,12-13H,4-7H2,1H3,(H,19,20). The third kappa shape index (κ3) is 3.44. The summed E-state index contributed by atoms with van der Waals surface area (Å²) in [6.07, 6.45) is 7.02. The molecule has 0 aliphatic heterocycles. The number of aryl methyl sites for hydroxylation is 1. The number of carbonyl (C=O) groups excluding carboxylic acids is 1. The van der Waals surface area contributed by atoms with E-state index in [0.29, 0.717) is 0 Å². The molecule has 2 aromatic rings. The average molecular weight is 301 g/mol. The molecule has 1 aliphatic rings. The van der Waals surface area contributed by atoms with E-state index in [-0.39, 0.29) is 23.8 Å². The minimum absolute atomic E-state index is 0.160. The van der Waals surface area contributed by atoms with Gasteiger partial charge in [-0.1, -0.05) is 5.16 Å². The highest BCUT2D eigenvalue weighted by molar-refractivity contribution is 5.91. The number of rotatable bonds is 4. The summed E-state index contributed by atoms with van der Waals surface area (Å²) in [5, 5.41) is 6.52. The Morgan fingerprint density at radius 1 is 1.27 bits per heavy atom. The Hall–Kier alpha value is -2.37. The van der Waals surface area contributed by atoms with Crippen LogP contribution in [0.4, 0.5) is 0 Å². The van der Waals surface area contributed by atoms with Crippen LogP contribution in [-0.2, 0) is 0 Å². The number of amides is 1. The maximum atomic E-state index is 11.9. The van der Waals surface area contributed by atoms with Crippen molar-refractivity contribution in [3.8, 4) is 5.75 Å². The molecule has 0 atom stereocenters. The Kier molecular flexibility index (Phi) is 4.37. The molecule has 0 saturated heterocycles. The maximum absolute atomic E-state index is 11.9. The highest BCUT2D eigenvalue weighted by atomic mass is 16.5. The van der Waals surface area contributed by atoms with Crippen molar-refractivity contribution in [3.05, 3.63) is 42.0 Å². The second-order valence-corrected chi connectivity index (χ2v) is 5.53. The fourth-order valence-corrected chi connectivity index (χ4v) is 2.69. The minimum atomic E-state index is -0.204. The number of nitrogens with one attached hydrogen (secondary N) is 1. The van der Waals surface area contributed by atoms with Crippen LogP contribution in [0.2, 0.25) is 0 Å². The summed E-state index contributed by atoms with van der Waals surface area (Å²) >= 11 is 0. The van der Waals surface area contributed by atoms with Crippen LogP contribution in [0.3, 0.4) is 0 Å². The van der Waals surface area contributed by atoms with Gasteiger partial charge in [0.15, 0.2) is 0 Å². The highest BCUT2D eigenvalue weighted by Crippen LogP contribution is 2.25. The topological polar surface area (TPSA) is 77.2 Å². The molecule has 0 unspecified atom stereocenters. The summed E-state index contributed by atoms with van der Waals surface area (Å²) < 4.78 is 10.9. The summed E-state index contributed by atoms with van der Waals surface area (Å²) in [6.45, 7) is 1.94. The lowest BCUT2D eigenvalue weighted by Crippen LogP contribution is -2.39. The lowest BCUT2D eigenvalue weighted by Gasteiger charge is -2.29. The van der Waals surface area contributed by atoms with Crippen molar-refractivity contribution < 1.29 is 14.1 Å². The molecule has 0 radical (unpaired) electrons. The van der Waals surface area contributed by atoms with Crippen LogP contribution in [0.5, 0.6) is 5.75 Å². The molecule has 22 heavy (non-hydrogen) atoms. The van der Waals surface area contributed by atoms with Gasteiger partial charge in [-0.15, -0.1) is 0 Å². The normalized spacial score (nSPS) is 21.3. The van der Waals surface area contributed by atoms with Gasteiger partial charge in [-0.05, 0) is 44.7 Å². The van der Waals surface area contributed by atoms with Crippen molar-refractivity contribution in [1.29, 1.82) is 0 Å². The Morgan fingerprint density at radius 2 is 2.09 bits per heavy atom. The molecule has 6 heteroatoms. The molecule has 6 nitrogen and oxygen atoms in total. The van der Waals surface area contributed by atoms with E-state index in [0.717, 1.165) is 37.1 Å². The molecule has 0 bridgehead atoms. The van der Waals surface area contributed by atoms with Crippen LogP contribution in [-0.4, -0.2) is 28.2 Å². The van der Waals surface area contributed by atoms with Gasteiger partial charge in [0.25, 0.3) is 5.91 Å². The molecule has 0 aromatic carbocycles. The van der Waals surface area contributed by atoms with Gasteiger partial charge in [0, 0.05) is 18.3 Å². The smallest absolute Gasteiger partial charge is 0.290 e. The Bertz CT molecular complexity index is 619. The van der Waals surface area contributed by atoms with Crippen molar-refractivity contribution >= 4 is 5.91 Å². The van der Waals surface area contributed by atoms with E-state index in [2.05, 4.69) is 15.5 Å². The zero-order valence-electron chi connectivity index (χ0n) is 12.5. The molecule has 116 valence electrons. The number of hydrogen-bond donors (Lipinski definition) is 1. The van der Waals surface area contributed by atoms with Crippen LogP contribution < -0.4 is 10.1 Å². The van der Waals surface area contributed by atoms with Gasteiger partial charge in [-0.3, -0.25) is 9.78 Å². The fraction of sp³-hybridized carbons (Fsp3) is 0.438. The number of nitrogens with zero attached hydrogens (tertiary/aromatic N) is 2. The van der Waals surface area contributed by atoms with Gasteiger partial charge >= 0.3 is 0 Å². The van der Waals surface area contributed by atoms with Crippen molar-refractivity contribution in [2.75, 3.05) is 0 Å². The Morgan fingerprint density at radius 3 is 2.77 bits per heavy atom. The van der Waals surface area contributed by atoms with Gasteiger partial charge < -0.3 is 14.6 Å². The maximum Gasteiger partial charge on any atom is 0.290 e. The van der Waals surface area contributed by atoms with E-state index >= 15 is 0 Å². The highest BCUT2D eigenvalue weighted by Gasteiger charge is 2.25. The number of aromatic nitrogens is 2. The molecule has 1 amide bonds. The molecule has 0 spiro atoms. The minimum Gasteiger partial charge on any atom is -0.489 e. The second kappa shape index (κ2) is 6.60. The second-order valence-electron chi connectivity index (χ2n) is 5.53. The molecular weight excluding hydrogens is 282 g/mol. The summed E-state index contributed by atoms with van der Waals surface area (Å²) in [5.74, 6) is 0.894. The molecule has 2 aromatic heterocycles. The van der Waals surface area contributed by atoms with Crippen LogP contribution >= 0.6 is 0 Å². The van der Waals surface area contributed by atoms with Crippen molar-refractivity contribution in [2.45, 2.75) is 44.8 Å². The predicted molar refractivity (Wildman–Crippen MR) is 79.6 cm³/mol. The number of pyridine rings is 1. The fourth-order valence-electron chi connectivity index (χ4n) is 2.69. The van der Waals surface area contributed by atoms with Gasteiger partial charge in [0.05, 0.1) is 18.0 Å². The third-order valence-corrected chi connectivity index (χ3v) is 3.92. The molecular formula is C16H19N3O3. The SMILES string of the molecule is Cc1ncccc1OC1CCC(NC(=O)c2ccno2)CC1. The first kappa shape index (κ1) is 14.6. The number of carbonyl (C=O) groups is 1. The Balaban J connectivity index is 1.48. The van der Waals surface area contributed by atoms with E-state index in [4.69, 9.17) is 9.26 Å². The van der Waals surface area contributed by atoms with Gasteiger partial charge in [0.2, 0.25) is 5.76 Å². The van der Waals surface area contributed by atoms with Gasteiger partial charge in [0.1, 0.15) is 5.75 Å². The van der Waals surface area contributed by atoms with E-state index in [1.165, 1.54) is 6.20 Å². The molecule has 1 N–H and O–H groups in total. The third-order valence-electron chi connectivity index (χ3n) is 3.92. The Labute approximate surface area is 128 Å². The zero-order chi connectivity index (χ0) is 15.4. The summed E-state index contributed by atoms with van der Waals surface area (Å²) in [4.78, 5) is 16.1. The quantitative estimate of drug-likeness (QED) is 0.938. The molecule has 2 heterocycles. The first-order valence-corrected chi connectivity index (χ1v) is 7.52. The van der Waals surface area contributed by atoms with Gasteiger partial charge in [-0.2, -0.15) is 0 Å². The lowest BCUT2D eigenvalue weighted by molar-refractivity contribution is 0.0857. The van der Waals surface area contributed by atoms with E-state index < -0.39 is 0 Å². The van der Waals surface area contributed by atoms with Crippen LogP contribution in [0, 0.1) is 6.92 Å². The summed E-state index contributed by atoms with van der Waals surface area (Å²) in [7, 11) is 0. The van der Waals surface area contributed by atoms with E-state index in [9.17, 15) is 4.79 Å². The van der Waals surface area contributed by atoms with E-state index in [1.54, 1.807) is 12.3 Å². The first-order valence-electron chi connectivity index (χ1n) is 7.52. The van der Waals surface area contributed by atoms with Crippen molar-refractivity contribution in [3.63, 3.8) is 0 Å². The number of hydrogen-bond acceptors (Lipinski definition) is 5. The monoisotopic (exact) mass is 301 g/mol. The average Bonchev–Trinajstić information content (AvgIpc) is 3.06. The molecule has 1 fully saturated rings. The summed E-state index contributed by atoms with van der Waals surface area (Å²) in [6, 6.07) is 5.55. The van der Waals surface area contributed by atoms with Crippen LogP contribution in [0.1, 0.15) is 41.9 Å². The van der Waals surface area contributed by atoms with Crippen LogP contribution in [0.25, 0.3) is 0 Å². The first-order chi connectivity index (χ1) is 10.7. The molecule has 1 saturated carbocycles. The molecule has 3 rings (SSSR count). The zero-order valence-corrected chi connectivity index (χ0v) is 12.5. The van der Waals surface area contributed by atoms with E-state index in [1.807, 2.05) is 19.1 Å². The molecule has 1 aliphatic carbocycles. The van der Waals surface area contributed by atoms with Gasteiger partial charge in [-0.25, -0.2) is 0 Å².